The van der Waals surface area contributed by atoms with Crippen LogP contribution in [0.25, 0.3) is 5.69 Å². The van der Waals surface area contributed by atoms with Gasteiger partial charge in [0.1, 0.15) is 18.2 Å². The summed E-state index contributed by atoms with van der Waals surface area (Å²) in [6, 6.07) is 18.4. The van der Waals surface area contributed by atoms with E-state index < -0.39 is 0 Å². The maximum Gasteiger partial charge on any atom is 0.203 e. The number of aromatic nitrogens is 3. The quantitative estimate of drug-likeness (QED) is 0.525. The smallest absolute Gasteiger partial charge is 0.203 e. The number of ether oxygens (including phenoxy) is 1. The second kappa shape index (κ2) is 8.29. The average Bonchev–Trinajstić information content (AvgIpc) is 3.48. The zero-order chi connectivity index (χ0) is 19.5. The highest BCUT2D eigenvalue weighted by Gasteiger charge is 2.30. The molecule has 0 saturated heterocycles. The summed E-state index contributed by atoms with van der Waals surface area (Å²) in [4.78, 5) is 2.19. The van der Waals surface area contributed by atoms with E-state index in [1.54, 1.807) is 0 Å². The molecule has 1 aliphatic rings. The monoisotopic (exact) mass is 394 g/mol. The maximum atomic E-state index is 5.87. The molecule has 0 radical (unpaired) electrons. The largest absolute Gasteiger partial charge is 0.492 e. The van der Waals surface area contributed by atoms with Gasteiger partial charge in [0.15, 0.2) is 0 Å². The Morgan fingerprint density at radius 2 is 1.93 bits per heavy atom. The molecule has 1 aromatic heterocycles. The van der Waals surface area contributed by atoms with Crippen LogP contribution in [0.3, 0.4) is 0 Å². The molecule has 0 bridgehead atoms. The van der Waals surface area contributed by atoms with E-state index in [1.165, 1.54) is 18.4 Å². The summed E-state index contributed by atoms with van der Waals surface area (Å²) in [5, 5.41) is 4.86. The van der Waals surface area contributed by atoms with E-state index in [-0.39, 0.29) is 0 Å². The van der Waals surface area contributed by atoms with Crippen molar-refractivity contribution in [2.75, 3.05) is 20.2 Å². The Bertz CT molecular complexity index is 991. The first-order chi connectivity index (χ1) is 13.6. The number of rotatable bonds is 8. The van der Waals surface area contributed by atoms with Crippen molar-refractivity contribution >= 4 is 12.2 Å². The Kier molecular flexibility index (Phi) is 5.59. The van der Waals surface area contributed by atoms with Crippen LogP contribution in [0.15, 0.2) is 54.6 Å². The van der Waals surface area contributed by atoms with Crippen molar-refractivity contribution in [1.82, 2.24) is 19.2 Å². The van der Waals surface area contributed by atoms with E-state index in [2.05, 4.69) is 47.7 Å². The summed E-state index contributed by atoms with van der Waals surface area (Å²) in [5.41, 5.74) is 2.29. The normalized spacial score (nSPS) is 13.8. The summed E-state index contributed by atoms with van der Waals surface area (Å²) in [6.45, 7) is 4.14. The average molecular weight is 395 g/mol. The number of hydrogen-bond acceptors (Lipinski definition) is 4. The van der Waals surface area contributed by atoms with Crippen molar-refractivity contribution in [3.05, 3.63) is 70.8 Å². The molecule has 1 fully saturated rings. The summed E-state index contributed by atoms with van der Waals surface area (Å²) >= 11 is 5.77. The van der Waals surface area contributed by atoms with Gasteiger partial charge in [-0.2, -0.15) is 5.10 Å². The predicted octanol–water partition coefficient (Wildman–Crippen LogP) is 4.56. The van der Waals surface area contributed by atoms with Gasteiger partial charge in [-0.3, -0.25) is 9.47 Å². The zero-order valence-corrected chi connectivity index (χ0v) is 17.2. The second-order valence-corrected chi connectivity index (χ2v) is 7.84. The molecular formula is C22H26N4OS. The molecule has 5 nitrogen and oxygen atoms in total. The molecule has 3 aromatic rings. The Balaban J connectivity index is 1.44. The lowest BCUT2D eigenvalue weighted by Crippen LogP contribution is -2.27. The molecule has 28 heavy (non-hydrogen) atoms. The van der Waals surface area contributed by atoms with Crippen molar-refractivity contribution in [3.63, 3.8) is 0 Å². The van der Waals surface area contributed by atoms with E-state index in [9.17, 15) is 0 Å². The minimum absolute atomic E-state index is 0.526. The number of aryl methyl sites for hydroxylation is 1. The van der Waals surface area contributed by atoms with Crippen LogP contribution in [0.4, 0.5) is 0 Å². The molecule has 1 aliphatic carbocycles. The third-order valence-electron chi connectivity index (χ3n) is 4.93. The van der Waals surface area contributed by atoms with Gasteiger partial charge in [-0.1, -0.05) is 30.3 Å². The van der Waals surface area contributed by atoms with Crippen molar-refractivity contribution in [2.45, 2.75) is 32.4 Å². The molecule has 146 valence electrons. The van der Waals surface area contributed by atoms with Crippen LogP contribution in [0, 0.1) is 11.7 Å². The molecular weight excluding hydrogens is 368 g/mol. The lowest BCUT2D eigenvalue weighted by Gasteiger charge is -2.17. The first-order valence-corrected chi connectivity index (χ1v) is 10.2. The SMILES string of the molecule is Cc1cccc(OCCN(C)Cn2nc(C3CC3)n(-c3ccccc3)c2=S)c1. The fourth-order valence-corrected chi connectivity index (χ4v) is 3.56. The second-order valence-electron chi connectivity index (χ2n) is 7.47. The van der Waals surface area contributed by atoms with Gasteiger partial charge in [-0.05, 0) is 68.9 Å². The highest BCUT2D eigenvalue weighted by Crippen LogP contribution is 2.40. The lowest BCUT2D eigenvalue weighted by molar-refractivity contribution is 0.197. The van der Waals surface area contributed by atoms with Crippen LogP contribution >= 0.6 is 12.2 Å². The number of hydrogen-bond donors (Lipinski definition) is 0. The molecule has 1 heterocycles. The molecule has 4 rings (SSSR count). The number of benzene rings is 2. The molecule has 0 N–H and O–H groups in total. The summed E-state index contributed by atoms with van der Waals surface area (Å²) in [6.07, 6.45) is 2.39. The van der Waals surface area contributed by atoms with Crippen molar-refractivity contribution in [2.24, 2.45) is 0 Å². The molecule has 2 aromatic carbocycles. The van der Waals surface area contributed by atoms with Crippen LogP contribution < -0.4 is 4.74 Å². The summed E-state index contributed by atoms with van der Waals surface area (Å²) < 4.78 is 10.7. The highest BCUT2D eigenvalue weighted by atomic mass is 32.1. The first kappa shape index (κ1) is 18.9. The van der Waals surface area contributed by atoms with Gasteiger partial charge < -0.3 is 4.74 Å². The van der Waals surface area contributed by atoms with E-state index >= 15 is 0 Å². The fraction of sp³-hybridized carbons (Fsp3) is 0.364. The van der Waals surface area contributed by atoms with Gasteiger partial charge in [-0.15, -0.1) is 0 Å². The highest BCUT2D eigenvalue weighted by molar-refractivity contribution is 7.71. The predicted molar refractivity (Wildman–Crippen MR) is 114 cm³/mol. The topological polar surface area (TPSA) is 35.2 Å². The summed E-state index contributed by atoms with van der Waals surface area (Å²) in [5.74, 6) is 2.52. The standard InChI is InChI=1S/C22H26N4OS/c1-17-7-6-10-20(15-17)27-14-13-24(2)16-25-22(28)26(19-8-4-3-5-9-19)21(23-25)18-11-12-18/h3-10,15,18H,11-14,16H2,1-2H3. The zero-order valence-electron chi connectivity index (χ0n) is 16.4. The van der Waals surface area contributed by atoms with Gasteiger partial charge >= 0.3 is 0 Å². The van der Waals surface area contributed by atoms with Crippen LogP contribution in [-0.4, -0.2) is 39.4 Å². The third kappa shape index (κ3) is 4.34. The lowest BCUT2D eigenvalue weighted by atomic mass is 10.2. The Morgan fingerprint density at radius 1 is 1.14 bits per heavy atom. The van der Waals surface area contributed by atoms with Crippen molar-refractivity contribution in [3.8, 4) is 11.4 Å². The van der Waals surface area contributed by atoms with E-state index in [4.69, 9.17) is 22.1 Å². The molecule has 0 spiro atoms. The molecule has 0 unspecified atom stereocenters. The third-order valence-corrected chi connectivity index (χ3v) is 5.32. The van der Waals surface area contributed by atoms with Crippen LogP contribution in [0.1, 0.15) is 30.1 Å². The van der Waals surface area contributed by atoms with Gasteiger partial charge in [0.2, 0.25) is 4.77 Å². The van der Waals surface area contributed by atoms with E-state index in [0.29, 0.717) is 19.2 Å². The van der Waals surface area contributed by atoms with Crippen molar-refractivity contribution < 1.29 is 4.74 Å². The Hall–Kier alpha value is -2.44. The van der Waals surface area contributed by atoms with Crippen LogP contribution in [0.5, 0.6) is 5.75 Å². The van der Waals surface area contributed by atoms with Gasteiger partial charge in [-0.25, -0.2) is 4.68 Å². The number of para-hydroxylation sites is 1. The summed E-state index contributed by atoms with van der Waals surface area (Å²) in [7, 11) is 2.07. The van der Waals surface area contributed by atoms with E-state index in [1.807, 2.05) is 35.0 Å². The molecule has 0 amide bonds. The molecule has 6 heteroatoms. The van der Waals surface area contributed by atoms with E-state index in [0.717, 1.165) is 28.6 Å². The Morgan fingerprint density at radius 3 is 2.64 bits per heavy atom. The van der Waals surface area contributed by atoms with Crippen molar-refractivity contribution in [1.29, 1.82) is 0 Å². The van der Waals surface area contributed by atoms with Gasteiger partial charge in [0, 0.05) is 18.2 Å². The minimum atomic E-state index is 0.526. The molecule has 0 aliphatic heterocycles. The molecule has 0 atom stereocenters. The fourth-order valence-electron chi connectivity index (χ4n) is 3.27. The minimum Gasteiger partial charge on any atom is -0.492 e. The Labute approximate surface area is 171 Å². The first-order valence-electron chi connectivity index (χ1n) is 9.75. The molecule has 1 saturated carbocycles. The number of likely N-dealkylation sites (N-methyl/N-ethyl adjacent to an activating group) is 1. The van der Waals surface area contributed by atoms with Crippen LogP contribution in [-0.2, 0) is 6.67 Å². The van der Waals surface area contributed by atoms with Crippen LogP contribution in [0.2, 0.25) is 0 Å². The maximum absolute atomic E-state index is 5.87. The van der Waals surface area contributed by atoms with Gasteiger partial charge in [0.25, 0.3) is 0 Å². The number of nitrogens with zero attached hydrogens (tertiary/aromatic N) is 4. The van der Waals surface area contributed by atoms with Gasteiger partial charge in [0.05, 0.1) is 6.67 Å².